The summed E-state index contributed by atoms with van der Waals surface area (Å²) in [6, 6.07) is 0.127. The van der Waals surface area contributed by atoms with Crippen LogP contribution in [-0.4, -0.2) is 31.1 Å². The second-order valence-electron chi connectivity index (χ2n) is 4.46. The Hall–Kier alpha value is -0.170. The number of hydrogen-bond donors (Lipinski definition) is 2. The number of rotatable bonds is 3. The number of nitrogens with one attached hydrogen (secondary N) is 1. The first-order chi connectivity index (χ1) is 8.13. The minimum absolute atomic E-state index is 0.127. The standard InChI is InChI=1S/C11H20N4S2/c1-7-8(2)17-9(6-16-7)10(14-12)11-13-4-5-15(11)3/h4-5,7-10,14H,6,12H2,1-3H3. The van der Waals surface area contributed by atoms with Crippen LogP contribution in [0.5, 0.6) is 0 Å². The Bertz CT molecular complexity index is 368. The summed E-state index contributed by atoms with van der Waals surface area (Å²) in [7, 11) is 2.01. The molecule has 0 aliphatic carbocycles. The van der Waals surface area contributed by atoms with E-state index in [1.165, 1.54) is 0 Å². The number of hydrazine groups is 1. The molecule has 0 bridgehead atoms. The molecule has 0 radical (unpaired) electrons. The van der Waals surface area contributed by atoms with Crippen molar-refractivity contribution >= 4 is 23.5 Å². The van der Waals surface area contributed by atoms with Crippen LogP contribution >= 0.6 is 23.5 Å². The van der Waals surface area contributed by atoms with Crippen molar-refractivity contribution in [2.24, 2.45) is 12.9 Å². The van der Waals surface area contributed by atoms with Crippen LogP contribution in [0.15, 0.2) is 12.4 Å². The summed E-state index contributed by atoms with van der Waals surface area (Å²) in [4.78, 5) is 4.40. The van der Waals surface area contributed by atoms with Crippen molar-refractivity contribution in [3.8, 4) is 0 Å². The molecule has 2 heterocycles. The fraction of sp³-hybridized carbons (Fsp3) is 0.727. The Labute approximate surface area is 111 Å². The minimum Gasteiger partial charge on any atom is -0.337 e. The van der Waals surface area contributed by atoms with E-state index in [0.717, 1.165) is 16.8 Å². The lowest BCUT2D eigenvalue weighted by molar-refractivity contribution is 0.506. The summed E-state index contributed by atoms with van der Waals surface area (Å²) in [5, 5.41) is 1.86. The van der Waals surface area contributed by atoms with Crippen LogP contribution < -0.4 is 11.3 Å². The summed E-state index contributed by atoms with van der Waals surface area (Å²) in [6.07, 6.45) is 3.79. The number of thioether (sulfide) groups is 2. The quantitative estimate of drug-likeness (QED) is 0.646. The van der Waals surface area contributed by atoms with Crippen molar-refractivity contribution in [1.82, 2.24) is 15.0 Å². The largest absolute Gasteiger partial charge is 0.337 e. The van der Waals surface area contributed by atoms with Gasteiger partial charge in [-0.25, -0.2) is 10.4 Å². The Morgan fingerprint density at radius 1 is 1.53 bits per heavy atom. The van der Waals surface area contributed by atoms with Crippen LogP contribution in [0.2, 0.25) is 0 Å². The van der Waals surface area contributed by atoms with E-state index in [9.17, 15) is 0 Å². The van der Waals surface area contributed by atoms with Crippen LogP contribution in [0.4, 0.5) is 0 Å². The molecular formula is C11H20N4S2. The van der Waals surface area contributed by atoms with Crippen molar-refractivity contribution in [1.29, 1.82) is 0 Å². The smallest absolute Gasteiger partial charge is 0.128 e. The molecule has 96 valence electrons. The monoisotopic (exact) mass is 272 g/mol. The first kappa shape index (κ1) is 13.3. The molecule has 6 heteroatoms. The van der Waals surface area contributed by atoms with Crippen LogP contribution in [0.25, 0.3) is 0 Å². The summed E-state index contributed by atoms with van der Waals surface area (Å²) in [5.74, 6) is 7.86. The molecule has 3 N–H and O–H groups in total. The maximum absolute atomic E-state index is 5.72. The van der Waals surface area contributed by atoms with Gasteiger partial charge in [0, 0.05) is 40.9 Å². The molecule has 17 heavy (non-hydrogen) atoms. The zero-order valence-corrected chi connectivity index (χ0v) is 12.1. The summed E-state index contributed by atoms with van der Waals surface area (Å²) in [5.41, 5.74) is 2.93. The SMILES string of the molecule is CC1SCC(C(NN)c2nccn2C)SC1C. The first-order valence-corrected chi connectivity index (χ1v) is 7.83. The van der Waals surface area contributed by atoms with Gasteiger partial charge in [-0.15, -0.1) is 0 Å². The van der Waals surface area contributed by atoms with E-state index in [1.807, 2.05) is 47.5 Å². The maximum Gasteiger partial charge on any atom is 0.128 e. The highest BCUT2D eigenvalue weighted by Gasteiger charge is 2.33. The van der Waals surface area contributed by atoms with E-state index in [4.69, 9.17) is 5.84 Å². The average Bonchev–Trinajstić information content (AvgIpc) is 2.71. The molecule has 0 amide bonds. The van der Waals surface area contributed by atoms with E-state index in [1.54, 1.807) is 0 Å². The van der Waals surface area contributed by atoms with Gasteiger partial charge >= 0.3 is 0 Å². The average molecular weight is 272 g/mol. The predicted octanol–water partition coefficient (Wildman–Crippen LogP) is 1.55. The van der Waals surface area contributed by atoms with Crippen molar-refractivity contribution in [2.45, 2.75) is 35.6 Å². The van der Waals surface area contributed by atoms with Gasteiger partial charge in [-0.2, -0.15) is 23.5 Å². The normalized spacial score (nSPS) is 31.4. The second kappa shape index (κ2) is 5.65. The number of nitrogens with two attached hydrogens (primary N) is 1. The molecule has 1 aliphatic heterocycles. The fourth-order valence-electron chi connectivity index (χ4n) is 2.01. The zero-order chi connectivity index (χ0) is 12.4. The molecule has 4 nitrogen and oxygen atoms in total. The van der Waals surface area contributed by atoms with Gasteiger partial charge in [-0.3, -0.25) is 5.84 Å². The first-order valence-electron chi connectivity index (χ1n) is 5.84. The third-order valence-electron chi connectivity index (χ3n) is 3.26. The zero-order valence-electron chi connectivity index (χ0n) is 10.5. The number of hydrogen-bond acceptors (Lipinski definition) is 5. The van der Waals surface area contributed by atoms with E-state index in [-0.39, 0.29) is 6.04 Å². The van der Waals surface area contributed by atoms with Gasteiger partial charge in [-0.05, 0) is 0 Å². The van der Waals surface area contributed by atoms with Crippen molar-refractivity contribution in [2.75, 3.05) is 5.75 Å². The summed E-state index contributed by atoms with van der Waals surface area (Å²) >= 11 is 4.05. The van der Waals surface area contributed by atoms with Gasteiger partial charge in [-0.1, -0.05) is 13.8 Å². The van der Waals surface area contributed by atoms with E-state index in [0.29, 0.717) is 10.5 Å². The van der Waals surface area contributed by atoms with Crippen LogP contribution in [0.1, 0.15) is 25.7 Å². The molecule has 0 aromatic carbocycles. The molecule has 0 saturated carbocycles. The fourth-order valence-corrected chi connectivity index (χ4v) is 5.07. The molecule has 1 fully saturated rings. The van der Waals surface area contributed by atoms with Gasteiger partial charge in [0.25, 0.3) is 0 Å². The van der Waals surface area contributed by atoms with Crippen molar-refractivity contribution in [3.63, 3.8) is 0 Å². The molecule has 0 spiro atoms. The molecule has 1 aromatic rings. The molecule has 1 aromatic heterocycles. The van der Waals surface area contributed by atoms with Crippen molar-refractivity contribution < 1.29 is 0 Å². The third kappa shape index (κ3) is 2.81. The highest BCUT2D eigenvalue weighted by atomic mass is 32.2. The molecular weight excluding hydrogens is 252 g/mol. The number of imidazole rings is 1. The topological polar surface area (TPSA) is 55.9 Å². The third-order valence-corrected chi connectivity index (χ3v) is 6.76. The highest BCUT2D eigenvalue weighted by Crippen LogP contribution is 2.40. The molecule has 2 rings (SSSR count). The molecule has 1 saturated heterocycles. The summed E-state index contributed by atoms with van der Waals surface area (Å²) < 4.78 is 2.04. The Morgan fingerprint density at radius 3 is 2.82 bits per heavy atom. The Morgan fingerprint density at radius 2 is 2.29 bits per heavy atom. The lowest BCUT2D eigenvalue weighted by atomic mass is 10.2. The van der Waals surface area contributed by atoms with Gasteiger partial charge in [0.1, 0.15) is 5.82 Å². The van der Waals surface area contributed by atoms with Gasteiger partial charge in [0.05, 0.1) is 6.04 Å². The summed E-state index contributed by atoms with van der Waals surface area (Å²) in [6.45, 7) is 4.59. The number of aromatic nitrogens is 2. The highest BCUT2D eigenvalue weighted by molar-refractivity contribution is 8.07. The lowest BCUT2D eigenvalue weighted by Gasteiger charge is -2.35. The molecule has 4 unspecified atom stereocenters. The van der Waals surface area contributed by atoms with Crippen LogP contribution in [0.3, 0.4) is 0 Å². The maximum atomic E-state index is 5.72. The molecule has 4 atom stereocenters. The Balaban J connectivity index is 2.12. The Kier molecular flexibility index (Phi) is 4.41. The van der Waals surface area contributed by atoms with Crippen LogP contribution in [0, 0.1) is 0 Å². The van der Waals surface area contributed by atoms with Gasteiger partial charge < -0.3 is 4.57 Å². The van der Waals surface area contributed by atoms with E-state index < -0.39 is 0 Å². The van der Waals surface area contributed by atoms with Gasteiger partial charge in [0.2, 0.25) is 0 Å². The minimum atomic E-state index is 0.127. The van der Waals surface area contributed by atoms with E-state index >= 15 is 0 Å². The second-order valence-corrected chi connectivity index (χ2v) is 7.49. The molecule has 1 aliphatic rings. The van der Waals surface area contributed by atoms with E-state index in [2.05, 4.69) is 24.3 Å². The number of aryl methyl sites for hydroxylation is 1. The van der Waals surface area contributed by atoms with Crippen LogP contribution in [-0.2, 0) is 7.05 Å². The van der Waals surface area contributed by atoms with Gasteiger partial charge in [0.15, 0.2) is 0 Å². The predicted molar refractivity (Wildman–Crippen MR) is 76.0 cm³/mol. The lowest BCUT2D eigenvalue weighted by Crippen LogP contribution is -2.41. The van der Waals surface area contributed by atoms with Crippen molar-refractivity contribution in [3.05, 3.63) is 18.2 Å². The number of nitrogens with zero attached hydrogens (tertiary/aromatic N) is 2.